The Morgan fingerprint density at radius 3 is 2.66 bits per heavy atom. The van der Waals surface area contributed by atoms with Crippen LogP contribution in [0.4, 0.5) is 14.9 Å². The number of rotatable bonds is 5. The zero-order chi connectivity index (χ0) is 19.9. The number of nitrogens with two attached hydrogens (primary N) is 1. The Bertz CT molecular complexity index is 821. The van der Waals surface area contributed by atoms with E-state index in [1.54, 1.807) is 11.0 Å². The van der Waals surface area contributed by atoms with Crippen LogP contribution in [0.1, 0.15) is 24.4 Å². The summed E-state index contributed by atoms with van der Waals surface area (Å²) < 4.78 is 13.2. The van der Waals surface area contributed by atoms with Crippen molar-refractivity contribution in [1.29, 1.82) is 0 Å². The van der Waals surface area contributed by atoms with Gasteiger partial charge in [-0.2, -0.15) is 0 Å². The summed E-state index contributed by atoms with van der Waals surface area (Å²) in [6.45, 7) is 1.66. The van der Waals surface area contributed by atoms with Gasteiger partial charge in [0, 0.05) is 25.3 Å². The SMILES string of the molecule is Cl.NC(C(=O)N1CCCC(CNC(=O)Nc2cccc(F)c2)C1)c1ccccc1. The number of urea groups is 1. The van der Waals surface area contributed by atoms with Crippen LogP contribution in [-0.2, 0) is 4.79 Å². The fourth-order valence-corrected chi connectivity index (χ4v) is 3.41. The Kier molecular flexibility index (Phi) is 8.42. The van der Waals surface area contributed by atoms with Crippen LogP contribution in [0.25, 0.3) is 0 Å². The number of carbonyl (C=O) groups is 2. The van der Waals surface area contributed by atoms with Gasteiger partial charge in [-0.15, -0.1) is 12.4 Å². The Morgan fingerprint density at radius 2 is 1.93 bits per heavy atom. The van der Waals surface area contributed by atoms with E-state index >= 15 is 0 Å². The van der Waals surface area contributed by atoms with E-state index in [0.717, 1.165) is 18.4 Å². The summed E-state index contributed by atoms with van der Waals surface area (Å²) in [5.74, 6) is -0.354. The highest BCUT2D eigenvalue weighted by Crippen LogP contribution is 2.20. The van der Waals surface area contributed by atoms with Crippen molar-refractivity contribution in [1.82, 2.24) is 10.2 Å². The minimum Gasteiger partial charge on any atom is -0.341 e. The minimum atomic E-state index is -0.677. The third-order valence-electron chi connectivity index (χ3n) is 4.89. The Hall–Kier alpha value is -2.64. The van der Waals surface area contributed by atoms with Gasteiger partial charge < -0.3 is 21.3 Å². The second-order valence-electron chi connectivity index (χ2n) is 7.03. The highest BCUT2D eigenvalue weighted by Gasteiger charge is 2.28. The molecule has 6 nitrogen and oxygen atoms in total. The molecule has 0 bridgehead atoms. The molecule has 0 aliphatic carbocycles. The van der Waals surface area contributed by atoms with E-state index in [-0.39, 0.29) is 24.2 Å². The van der Waals surface area contributed by atoms with Crippen LogP contribution in [0.5, 0.6) is 0 Å². The largest absolute Gasteiger partial charge is 0.341 e. The number of anilines is 1. The van der Waals surface area contributed by atoms with Crippen molar-refractivity contribution in [3.05, 3.63) is 66.0 Å². The van der Waals surface area contributed by atoms with Crippen LogP contribution in [0.3, 0.4) is 0 Å². The average Bonchev–Trinajstić information content (AvgIpc) is 2.72. The monoisotopic (exact) mass is 420 g/mol. The highest BCUT2D eigenvalue weighted by atomic mass is 35.5. The summed E-state index contributed by atoms with van der Waals surface area (Å²) in [6.07, 6.45) is 1.79. The van der Waals surface area contributed by atoms with Crippen LogP contribution in [0.15, 0.2) is 54.6 Å². The molecule has 0 spiro atoms. The molecular formula is C21H26ClFN4O2. The third-order valence-corrected chi connectivity index (χ3v) is 4.89. The molecule has 2 unspecified atom stereocenters. The highest BCUT2D eigenvalue weighted by molar-refractivity contribution is 5.89. The maximum absolute atomic E-state index is 13.2. The summed E-state index contributed by atoms with van der Waals surface area (Å²) in [4.78, 5) is 26.5. The standard InChI is InChI=1S/C21H25FN4O2.ClH/c22-17-9-4-10-18(12-17)25-21(28)24-13-15-6-5-11-26(14-15)20(27)19(23)16-7-2-1-3-8-16;/h1-4,7-10,12,15,19H,5-6,11,13-14,23H2,(H2,24,25,28);1H. The molecular weight excluding hydrogens is 395 g/mol. The summed E-state index contributed by atoms with van der Waals surface area (Å²) in [6, 6.07) is 14.0. The first kappa shape index (κ1) is 22.6. The van der Waals surface area contributed by atoms with E-state index in [2.05, 4.69) is 10.6 Å². The number of likely N-dealkylation sites (tertiary alicyclic amines) is 1. The van der Waals surface area contributed by atoms with E-state index < -0.39 is 17.9 Å². The molecule has 3 amide bonds. The minimum absolute atomic E-state index is 0. The summed E-state index contributed by atoms with van der Waals surface area (Å²) in [5, 5.41) is 5.40. The molecule has 0 aromatic heterocycles. The van der Waals surface area contributed by atoms with Crippen LogP contribution >= 0.6 is 12.4 Å². The number of halogens is 2. The number of piperidine rings is 1. The summed E-state index contributed by atoms with van der Waals surface area (Å²) >= 11 is 0. The number of hydrogen-bond donors (Lipinski definition) is 3. The van der Waals surface area contributed by atoms with Gasteiger partial charge in [0.15, 0.2) is 0 Å². The molecule has 1 heterocycles. The van der Waals surface area contributed by atoms with Crippen molar-refractivity contribution in [2.24, 2.45) is 11.7 Å². The molecule has 1 fully saturated rings. The maximum atomic E-state index is 13.2. The normalized spacial score (nSPS) is 17.0. The van der Waals surface area contributed by atoms with Gasteiger partial charge in [0.1, 0.15) is 11.9 Å². The number of amides is 3. The number of nitrogens with zero attached hydrogens (tertiary/aromatic N) is 1. The van der Waals surface area contributed by atoms with Crippen molar-refractivity contribution < 1.29 is 14.0 Å². The number of nitrogens with one attached hydrogen (secondary N) is 2. The molecule has 2 aromatic carbocycles. The number of carbonyl (C=O) groups excluding carboxylic acids is 2. The third kappa shape index (κ3) is 6.44. The van der Waals surface area contributed by atoms with Gasteiger partial charge in [0.05, 0.1) is 0 Å². The van der Waals surface area contributed by atoms with Gasteiger partial charge in [-0.05, 0) is 42.5 Å². The van der Waals surface area contributed by atoms with Gasteiger partial charge in [-0.1, -0.05) is 36.4 Å². The van der Waals surface area contributed by atoms with Gasteiger partial charge in [0.2, 0.25) is 5.91 Å². The molecule has 8 heteroatoms. The van der Waals surface area contributed by atoms with E-state index in [0.29, 0.717) is 25.3 Å². The lowest BCUT2D eigenvalue weighted by atomic mass is 9.96. The van der Waals surface area contributed by atoms with Gasteiger partial charge >= 0.3 is 6.03 Å². The Labute approximate surface area is 176 Å². The molecule has 3 rings (SSSR count). The fourth-order valence-electron chi connectivity index (χ4n) is 3.41. The molecule has 2 aromatic rings. The van der Waals surface area contributed by atoms with Crippen molar-refractivity contribution in [2.45, 2.75) is 18.9 Å². The van der Waals surface area contributed by atoms with Gasteiger partial charge in [-0.3, -0.25) is 4.79 Å². The molecule has 4 N–H and O–H groups in total. The fraction of sp³-hybridized carbons (Fsp3) is 0.333. The lowest BCUT2D eigenvalue weighted by Gasteiger charge is -2.34. The zero-order valence-corrected chi connectivity index (χ0v) is 16.8. The van der Waals surface area contributed by atoms with Crippen LogP contribution < -0.4 is 16.4 Å². The Balaban J connectivity index is 0.00000300. The first-order valence-electron chi connectivity index (χ1n) is 9.42. The molecule has 0 radical (unpaired) electrons. The smallest absolute Gasteiger partial charge is 0.319 e. The van der Waals surface area contributed by atoms with Crippen molar-refractivity contribution in [3.63, 3.8) is 0 Å². The van der Waals surface area contributed by atoms with E-state index in [4.69, 9.17) is 5.73 Å². The second kappa shape index (κ2) is 10.8. The van der Waals surface area contributed by atoms with Crippen molar-refractivity contribution in [2.75, 3.05) is 25.0 Å². The summed E-state index contributed by atoms with van der Waals surface area (Å²) in [7, 11) is 0. The lowest BCUT2D eigenvalue weighted by Crippen LogP contribution is -2.47. The first-order chi connectivity index (χ1) is 13.5. The first-order valence-corrected chi connectivity index (χ1v) is 9.42. The van der Waals surface area contributed by atoms with E-state index in [9.17, 15) is 14.0 Å². The van der Waals surface area contributed by atoms with E-state index in [1.807, 2.05) is 30.3 Å². The quantitative estimate of drug-likeness (QED) is 0.693. The number of benzene rings is 2. The van der Waals surface area contributed by atoms with E-state index in [1.165, 1.54) is 18.2 Å². The predicted molar refractivity (Wildman–Crippen MR) is 113 cm³/mol. The zero-order valence-electron chi connectivity index (χ0n) is 16.0. The number of hydrogen-bond acceptors (Lipinski definition) is 3. The Morgan fingerprint density at radius 1 is 1.17 bits per heavy atom. The second-order valence-corrected chi connectivity index (χ2v) is 7.03. The van der Waals surface area contributed by atoms with Crippen molar-refractivity contribution in [3.8, 4) is 0 Å². The van der Waals surface area contributed by atoms with Gasteiger partial charge in [0.25, 0.3) is 0 Å². The molecule has 29 heavy (non-hydrogen) atoms. The predicted octanol–water partition coefficient (Wildman–Crippen LogP) is 3.31. The topological polar surface area (TPSA) is 87.5 Å². The molecule has 2 atom stereocenters. The summed E-state index contributed by atoms with van der Waals surface area (Å²) in [5.41, 5.74) is 7.32. The average molecular weight is 421 g/mol. The van der Waals surface area contributed by atoms with Crippen LogP contribution in [0, 0.1) is 11.7 Å². The maximum Gasteiger partial charge on any atom is 0.319 e. The van der Waals surface area contributed by atoms with Crippen molar-refractivity contribution >= 4 is 30.0 Å². The molecule has 1 aliphatic rings. The van der Waals surface area contributed by atoms with Crippen LogP contribution in [0.2, 0.25) is 0 Å². The van der Waals surface area contributed by atoms with Gasteiger partial charge in [-0.25, -0.2) is 9.18 Å². The molecule has 1 saturated heterocycles. The molecule has 1 aliphatic heterocycles. The molecule has 0 saturated carbocycles. The molecule has 156 valence electrons. The van der Waals surface area contributed by atoms with Crippen LogP contribution in [-0.4, -0.2) is 36.5 Å². The lowest BCUT2D eigenvalue weighted by molar-refractivity contribution is -0.134.